The van der Waals surface area contributed by atoms with E-state index in [1.807, 2.05) is 48.3 Å². The molecule has 1 saturated heterocycles. The van der Waals surface area contributed by atoms with E-state index in [9.17, 15) is 4.79 Å². The summed E-state index contributed by atoms with van der Waals surface area (Å²) < 4.78 is 1.85. The number of aromatic nitrogens is 4. The molecule has 0 unspecified atom stereocenters. The molecule has 1 aliphatic rings. The van der Waals surface area contributed by atoms with Gasteiger partial charge in [-0.15, -0.1) is 0 Å². The van der Waals surface area contributed by atoms with Gasteiger partial charge in [-0.1, -0.05) is 29.5 Å². The topological polar surface area (TPSA) is 75.9 Å². The molecule has 1 aliphatic heterocycles. The van der Waals surface area contributed by atoms with E-state index in [0.717, 1.165) is 40.7 Å². The molecule has 0 atom stereocenters. The van der Waals surface area contributed by atoms with Crippen LogP contribution < -0.4 is 10.2 Å². The fourth-order valence-corrected chi connectivity index (χ4v) is 3.87. The second kappa shape index (κ2) is 8.18. The maximum absolute atomic E-state index is 12.3. The molecule has 28 heavy (non-hydrogen) atoms. The van der Waals surface area contributed by atoms with Crippen LogP contribution in [0.5, 0.6) is 0 Å². The number of hydrogen-bond donors (Lipinski definition) is 1. The Morgan fingerprint density at radius 1 is 1.25 bits per heavy atom. The average Bonchev–Trinajstić information content (AvgIpc) is 3.37. The molecule has 2 aromatic heterocycles. The van der Waals surface area contributed by atoms with E-state index in [4.69, 9.17) is 4.98 Å². The van der Waals surface area contributed by atoms with Gasteiger partial charge in [-0.25, -0.2) is 14.6 Å². The predicted octanol–water partition coefficient (Wildman–Crippen LogP) is 2.89. The largest absolute Gasteiger partial charge is 0.356 e. The summed E-state index contributed by atoms with van der Waals surface area (Å²) >= 11 is 1.54. The van der Waals surface area contributed by atoms with E-state index < -0.39 is 0 Å². The lowest BCUT2D eigenvalue weighted by Gasteiger charge is -2.17. The third-order valence-electron chi connectivity index (χ3n) is 4.93. The number of hydrogen-bond acceptors (Lipinski definition) is 6. The molecule has 7 nitrogen and oxygen atoms in total. The molecule has 1 N–H and O–H groups in total. The van der Waals surface area contributed by atoms with Crippen LogP contribution >= 0.6 is 11.8 Å². The highest BCUT2D eigenvalue weighted by atomic mass is 32.2. The van der Waals surface area contributed by atoms with Gasteiger partial charge >= 0.3 is 0 Å². The number of fused-ring (bicyclic) bond motifs is 1. The van der Waals surface area contributed by atoms with Crippen molar-refractivity contribution in [3.05, 3.63) is 41.6 Å². The zero-order chi connectivity index (χ0) is 19.5. The van der Waals surface area contributed by atoms with Gasteiger partial charge in [-0.05, 0) is 38.2 Å². The van der Waals surface area contributed by atoms with Gasteiger partial charge in [0.25, 0.3) is 5.91 Å². The van der Waals surface area contributed by atoms with Crippen LogP contribution in [0, 0.1) is 6.92 Å². The quantitative estimate of drug-likeness (QED) is 0.510. The number of benzene rings is 1. The highest BCUT2D eigenvalue weighted by Crippen LogP contribution is 2.28. The van der Waals surface area contributed by atoms with Gasteiger partial charge in [0.15, 0.2) is 10.8 Å². The molecule has 0 saturated carbocycles. The summed E-state index contributed by atoms with van der Waals surface area (Å²) in [6.45, 7) is 5.08. The van der Waals surface area contributed by atoms with Gasteiger partial charge in [0, 0.05) is 25.2 Å². The first-order chi connectivity index (χ1) is 13.7. The van der Waals surface area contributed by atoms with Crippen molar-refractivity contribution in [1.29, 1.82) is 0 Å². The minimum absolute atomic E-state index is 0.0719. The number of anilines is 1. The van der Waals surface area contributed by atoms with E-state index in [2.05, 4.69) is 20.3 Å². The second-order valence-corrected chi connectivity index (χ2v) is 7.73. The van der Waals surface area contributed by atoms with Crippen molar-refractivity contribution in [2.75, 3.05) is 30.8 Å². The Labute approximate surface area is 168 Å². The molecule has 0 aliphatic carbocycles. The van der Waals surface area contributed by atoms with Crippen molar-refractivity contribution < 1.29 is 4.79 Å². The first-order valence-corrected chi connectivity index (χ1v) is 10.8. The lowest BCUT2D eigenvalue weighted by Crippen LogP contribution is -2.27. The normalized spacial score (nSPS) is 14.0. The third-order valence-corrected chi connectivity index (χ3v) is 5.48. The minimum Gasteiger partial charge on any atom is -0.356 e. The van der Waals surface area contributed by atoms with Gasteiger partial charge < -0.3 is 10.2 Å². The summed E-state index contributed by atoms with van der Waals surface area (Å²) in [7, 11) is 0. The summed E-state index contributed by atoms with van der Waals surface area (Å²) in [4.78, 5) is 24.0. The lowest BCUT2D eigenvalue weighted by atomic mass is 10.1. The summed E-state index contributed by atoms with van der Waals surface area (Å²) in [5.41, 5.74) is 2.57. The Balaban J connectivity index is 1.51. The first kappa shape index (κ1) is 18.7. The average molecular weight is 397 g/mol. The minimum atomic E-state index is -0.0719. The molecule has 1 aromatic carbocycles. The molecule has 1 fully saturated rings. The molecule has 146 valence electrons. The van der Waals surface area contributed by atoms with Crippen LogP contribution in [0.4, 0.5) is 5.82 Å². The van der Waals surface area contributed by atoms with E-state index in [1.165, 1.54) is 24.6 Å². The number of nitrogens with zero attached hydrogens (tertiary/aromatic N) is 5. The lowest BCUT2D eigenvalue weighted by molar-refractivity contribution is 0.0952. The van der Waals surface area contributed by atoms with Gasteiger partial charge in [-0.3, -0.25) is 4.79 Å². The fourth-order valence-electron chi connectivity index (χ4n) is 3.51. The van der Waals surface area contributed by atoms with E-state index in [-0.39, 0.29) is 5.91 Å². The molecule has 0 spiro atoms. The first-order valence-electron chi connectivity index (χ1n) is 9.53. The van der Waals surface area contributed by atoms with Crippen molar-refractivity contribution in [2.45, 2.75) is 31.5 Å². The molecule has 3 heterocycles. The maximum atomic E-state index is 12.3. The highest BCUT2D eigenvalue weighted by molar-refractivity contribution is 7.98. The SMILES string of the molecule is CSc1nc(N2CCCC2)c2cnn(CCNC(=O)c3cccc(C)c3)c2n1. The summed E-state index contributed by atoms with van der Waals surface area (Å²) in [6.07, 6.45) is 6.21. The monoisotopic (exact) mass is 396 g/mol. The van der Waals surface area contributed by atoms with Gasteiger partial charge in [0.2, 0.25) is 0 Å². The Hall–Kier alpha value is -2.61. The predicted molar refractivity (Wildman–Crippen MR) is 112 cm³/mol. The summed E-state index contributed by atoms with van der Waals surface area (Å²) in [5, 5.41) is 9.21. The zero-order valence-corrected chi connectivity index (χ0v) is 17.0. The van der Waals surface area contributed by atoms with Crippen molar-refractivity contribution >= 4 is 34.5 Å². The Kier molecular flexibility index (Phi) is 5.47. The number of thioether (sulfide) groups is 1. The van der Waals surface area contributed by atoms with Crippen LogP contribution in [0.25, 0.3) is 11.0 Å². The van der Waals surface area contributed by atoms with Crippen LogP contribution in [0.2, 0.25) is 0 Å². The number of rotatable bonds is 6. The molecule has 0 bridgehead atoms. The summed E-state index contributed by atoms with van der Waals surface area (Å²) in [6, 6.07) is 7.59. The van der Waals surface area contributed by atoms with Crippen molar-refractivity contribution in [3.63, 3.8) is 0 Å². The number of amides is 1. The zero-order valence-electron chi connectivity index (χ0n) is 16.2. The smallest absolute Gasteiger partial charge is 0.251 e. The number of aryl methyl sites for hydroxylation is 1. The Bertz CT molecular complexity index is 996. The van der Waals surface area contributed by atoms with Crippen molar-refractivity contribution in [1.82, 2.24) is 25.1 Å². The molecule has 8 heteroatoms. The standard InChI is InChI=1S/C20H24N6OS/c1-14-6-5-7-15(12-14)19(27)21-8-11-26-18-16(13-22-26)17(23-20(24-18)28-2)25-9-3-4-10-25/h5-7,12-13H,3-4,8-11H2,1-2H3,(H,21,27). The van der Waals surface area contributed by atoms with Gasteiger partial charge in [-0.2, -0.15) is 5.10 Å². The number of nitrogens with one attached hydrogen (secondary N) is 1. The van der Waals surface area contributed by atoms with Crippen molar-refractivity contribution in [3.8, 4) is 0 Å². The molecular weight excluding hydrogens is 372 g/mol. The van der Waals surface area contributed by atoms with Gasteiger partial charge in [0.1, 0.15) is 5.82 Å². The van der Waals surface area contributed by atoms with Crippen LogP contribution in [0.3, 0.4) is 0 Å². The molecule has 0 radical (unpaired) electrons. The Morgan fingerprint density at radius 3 is 2.82 bits per heavy atom. The highest BCUT2D eigenvalue weighted by Gasteiger charge is 2.20. The molecule has 1 amide bonds. The maximum Gasteiger partial charge on any atom is 0.251 e. The van der Waals surface area contributed by atoms with E-state index >= 15 is 0 Å². The molecule has 3 aromatic rings. The summed E-state index contributed by atoms with van der Waals surface area (Å²) in [5.74, 6) is 0.902. The van der Waals surface area contributed by atoms with Gasteiger partial charge in [0.05, 0.1) is 18.1 Å². The number of carbonyl (C=O) groups excluding carboxylic acids is 1. The third kappa shape index (κ3) is 3.82. The molecular formula is C20H24N6OS. The second-order valence-electron chi connectivity index (χ2n) is 6.96. The van der Waals surface area contributed by atoms with E-state index in [0.29, 0.717) is 18.7 Å². The fraction of sp³-hybridized carbons (Fsp3) is 0.400. The van der Waals surface area contributed by atoms with Crippen molar-refractivity contribution in [2.24, 2.45) is 0 Å². The number of carbonyl (C=O) groups is 1. The van der Waals surface area contributed by atoms with Crippen LogP contribution in [0.1, 0.15) is 28.8 Å². The van der Waals surface area contributed by atoms with Crippen LogP contribution in [-0.4, -0.2) is 51.5 Å². The Morgan fingerprint density at radius 2 is 2.07 bits per heavy atom. The molecule has 4 rings (SSSR count). The van der Waals surface area contributed by atoms with Crippen LogP contribution in [0.15, 0.2) is 35.6 Å². The van der Waals surface area contributed by atoms with Crippen LogP contribution in [-0.2, 0) is 6.54 Å². The van der Waals surface area contributed by atoms with E-state index in [1.54, 1.807) is 0 Å².